The number of hydrogen-bond acceptors (Lipinski definition) is 4. The third kappa shape index (κ3) is 4.13. The summed E-state index contributed by atoms with van der Waals surface area (Å²) < 4.78 is 11.4. The summed E-state index contributed by atoms with van der Waals surface area (Å²) in [6.45, 7) is 2.09. The molecule has 3 rings (SSSR count). The van der Waals surface area contributed by atoms with Crippen molar-refractivity contribution < 1.29 is 9.47 Å². The molecule has 0 unspecified atom stereocenters. The molecule has 5 heteroatoms. The molecule has 140 valence electrons. The number of aromatic nitrogens is 1. The van der Waals surface area contributed by atoms with E-state index in [1.807, 2.05) is 54.6 Å². The standard InChI is InChI=1S/C23H20N2O3/c1-16-14-19(20(15-24)23(26)25-16)18-11-6-12-21(27-2)22(18)28-13-7-10-17-8-4-3-5-9-17/h3-12,14H,13H2,1-2H3,(H,25,26). The summed E-state index contributed by atoms with van der Waals surface area (Å²) in [5, 5.41) is 9.46. The molecular formula is C23H20N2O3. The van der Waals surface area contributed by atoms with Gasteiger partial charge >= 0.3 is 0 Å². The molecular weight excluding hydrogens is 352 g/mol. The number of para-hydroxylation sites is 1. The smallest absolute Gasteiger partial charge is 0.266 e. The SMILES string of the molecule is COc1cccc(-c2cc(C)[nH]c(=O)c2C#N)c1OCC=Cc1ccccc1. The number of pyridine rings is 1. The quantitative estimate of drug-likeness (QED) is 0.699. The van der Waals surface area contributed by atoms with Crippen LogP contribution in [0.3, 0.4) is 0 Å². The van der Waals surface area contributed by atoms with Crippen molar-refractivity contribution in [3.63, 3.8) is 0 Å². The number of aryl methyl sites for hydroxylation is 1. The first-order chi connectivity index (χ1) is 13.6. The summed E-state index contributed by atoms with van der Waals surface area (Å²) in [5.74, 6) is 1.02. The van der Waals surface area contributed by atoms with Gasteiger partial charge in [0.2, 0.25) is 0 Å². The van der Waals surface area contributed by atoms with Crippen molar-refractivity contribution in [3.05, 3.63) is 87.8 Å². The zero-order valence-electron chi connectivity index (χ0n) is 15.7. The number of H-pyrrole nitrogens is 1. The van der Waals surface area contributed by atoms with Gasteiger partial charge in [-0.1, -0.05) is 48.5 Å². The van der Waals surface area contributed by atoms with E-state index >= 15 is 0 Å². The predicted octanol–water partition coefficient (Wildman–Crippen LogP) is 4.32. The molecule has 0 aliphatic rings. The number of nitriles is 1. The van der Waals surface area contributed by atoms with Crippen molar-refractivity contribution in [2.75, 3.05) is 13.7 Å². The summed E-state index contributed by atoms with van der Waals surface area (Å²) in [4.78, 5) is 14.8. The molecule has 0 radical (unpaired) electrons. The lowest BCUT2D eigenvalue weighted by Crippen LogP contribution is -2.13. The van der Waals surface area contributed by atoms with Crippen LogP contribution >= 0.6 is 0 Å². The van der Waals surface area contributed by atoms with Gasteiger partial charge in [0.1, 0.15) is 18.2 Å². The van der Waals surface area contributed by atoms with Gasteiger partial charge in [-0.2, -0.15) is 5.26 Å². The number of rotatable bonds is 6. The molecule has 0 amide bonds. The fourth-order valence-electron chi connectivity index (χ4n) is 2.93. The largest absolute Gasteiger partial charge is 0.493 e. The van der Waals surface area contributed by atoms with E-state index < -0.39 is 5.56 Å². The van der Waals surface area contributed by atoms with Crippen LogP contribution in [0.1, 0.15) is 16.8 Å². The molecule has 1 heterocycles. The number of benzene rings is 2. The fourth-order valence-corrected chi connectivity index (χ4v) is 2.93. The van der Waals surface area contributed by atoms with E-state index in [2.05, 4.69) is 4.98 Å². The normalized spacial score (nSPS) is 10.6. The summed E-state index contributed by atoms with van der Waals surface area (Å²) in [6, 6.07) is 19.1. The van der Waals surface area contributed by atoms with Crippen LogP contribution in [0.5, 0.6) is 11.5 Å². The maximum absolute atomic E-state index is 12.2. The zero-order chi connectivity index (χ0) is 19.9. The first-order valence-electron chi connectivity index (χ1n) is 8.80. The Bertz CT molecular complexity index is 1090. The van der Waals surface area contributed by atoms with E-state index in [1.54, 1.807) is 32.2 Å². The number of ether oxygens (including phenoxy) is 2. The Morgan fingerprint density at radius 3 is 2.61 bits per heavy atom. The molecule has 1 N–H and O–H groups in total. The minimum Gasteiger partial charge on any atom is -0.493 e. The minimum absolute atomic E-state index is 0.0449. The van der Waals surface area contributed by atoms with Crippen molar-refractivity contribution in [3.8, 4) is 28.7 Å². The van der Waals surface area contributed by atoms with Gasteiger partial charge in [-0.15, -0.1) is 0 Å². The van der Waals surface area contributed by atoms with Crippen LogP contribution in [0.2, 0.25) is 0 Å². The maximum Gasteiger partial charge on any atom is 0.266 e. The number of nitrogens with one attached hydrogen (secondary N) is 1. The van der Waals surface area contributed by atoms with Crippen LogP contribution in [0.25, 0.3) is 17.2 Å². The third-order valence-corrected chi connectivity index (χ3v) is 4.20. The highest BCUT2D eigenvalue weighted by Crippen LogP contribution is 2.39. The number of hydrogen-bond donors (Lipinski definition) is 1. The van der Waals surface area contributed by atoms with E-state index in [0.29, 0.717) is 34.9 Å². The Balaban J connectivity index is 1.97. The third-order valence-electron chi connectivity index (χ3n) is 4.20. The molecule has 0 fully saturated rings. The Labute approximate surface area is 163 Å². The molecule has 2 aromatic carbocycles. The minimum atomic E-state index is -0.421. The molecule has 0 saturated carbocycles. The molecule has 0 spiro atoms. The van der Waals surface area contributed by atoms with Gasteiger partial charge in [0.05, 0.1) is 7.11 Å². The molecule has 0 saturated heterocycles. The molecule has 5 nitrogen and oxygen atoms in total. The number of nitrogens with zero attached hydrogens (tertiary/aromatic N) is 1. The van der Waals surface area contributed by atoms with Crippen molar-refractivity contribution in [2.45, 2.75) is 6.92 Å². The molecule has 0 aliphatic heterocycles. The Morgan fingerprint density at radius 2 is 1.89 bits per heavy atom. The fraction of sp³-hybridized carbons (Fsp3) is 0.130. The van der Waals surface area contributed by atoms with Crippen molar-refractivity contribution >= 4 is 6.08 Å². The maximum atomic E-state index is 12.2. The average molecular weight is 372 g/mol. The van der Waals surface area contributed by atoms with Gasteiger partial charge < -0.3 is 14.5 Å². The van der Waals surface area contributed by atoms with E-state index in [4.69, 9.17) is 9.47 Å². The average Bonchev–Trinajstić information content (AvgIpc) is 2.71. The van der Waals surface area contributed by atoms with Gasteiger partial charge in [-0.3, -0.25) is 4.79 Å². The lowest BCUT2D eigenvalue weighted by atomic mass is 9.99. The highest BCUT2D eigenvalue weighted by atomic mass is 16.5. The molecule has 3 aromatic rings. The van der Waals surface area contributed by atoms with Gasteiger partial charge in [0.25, 0.3) is 5.56 Å². The Hall–Kier alpha value is -3.78. The van der Waals surface area contributed by atoms with Crippen LogP contribution < -0.4 is 15.0 Å². The van der Waals surface area contributed by atoms with Crippen LogP contribution in [-0.4, -0.2) is 18.7 Å². The van der Waals surface area contributed by atoms with Crippen LogP contribution in [-0.2, 0) is 0 Å². The Morgan fingerprint density at radius 1 is 1.11 bits per heavy atom. The topological polar surface area (TPSA) is 75.1 Å². The predicted molar refractivity (Wildman–Crippen MR) is 109 cm³/mol. The van der Waals surface area contributed by atoms with Crippen LogP contribution in [0, 0.1) is 18.3 Å². The second kappa shape index (κ2) is 8.74. The lowest BCUT2D eigenvalue weighted by molar-refractivity contribution is 0.328. The van der Waals surface area contributed by atoms with E-state index in [-0.39, 0.29) is 5.56 Å². The Kier molecular flexibility index (Phi) is 5.93. The van der Waals surface area contributed by atoms with Gasteiger partial charge in [0.15, 0.2) is 11.5 Å². The zero-order valence-corrected chi connectivity index (χ0v) is 15.7. The van der Waals surface area contributed by atoms with E-state index in [9.17, 15) is 10.1 Å². The first-order valence-corrected chi connectivity index (χ1v) is 8.80. The summed E-state index contributed by atoms with van der Waals surface area (Å²) >= 11 is 0. The monoisotopic (exact) mass is 372 g/mol. The van der Waals surface area contributed by atoms with Gasteiger partial charge in [0, 0.05) is 16.8 Å². The second-order valence-corrected chi connectivity index (χ2v) is 6.14. The highest BCUT2D eigenvalue weighted by molar-refractivity contribution is 5.78. The lowest BCUT2D eigenvalue weighted by Gasteiger charge is -2.15. The van der Waals surface area contributed by atoms with Crippen LogP contribution in [0.4, 0.5) is 0 Å². The molecule has 28 heavy (non-hydrogen) atoms. The van der Waals surface area contributed by atoms with E-state index in [1.165, 1.54) is 0 Å². The number of aromatic amines is 1. The summed E-state index contributed by atoms with van der Waals surface area (Å²) in [6.07, 6.45) is 3.87. The first kappa shape index (κ1) is 19.0. The van der Waals surface area contributed by atoms with Crippen LogP contribution in [0.15, 0.2) is 65.5 Å². The highest BCUT2D eigenvalue weighted by Gasteiger charge is 2.17. The summed E-state index contributed by atoms with van der Waals surface area (Å²) in [5.41, 5.74) is 2.52. The molecule has 0 atom stereocenters. The van der Waals surface area contributed by atoms with Gasteiger partial charge in [-0.05, 0) is 30.7 Å². The van der Waals surface area contributed by atoms with E-state index in [0.717, 1.165) is 5.56 Å². The molecule has 1 aromatic heterocycles. The van der Waals surface area contributed by atoms with Crippen molar-refractivity contribution in [2.24, 2.45) is 0 Å². The summed E-state index contributed by atoms with van der Waals surface area (Å²) in [7, 11) is 1.56. The second-order valence-electron chi connectivity index (χ2n) is 6.14. The molecule has 0 bridgehead atoms. The molecule has 0 aliphatic carbocycles. The number of methoxy groups -OCH3 is 1. The van der Waals surface area contributed by atoms with Gasteiger partial charge in [-0.25, -0.2) is 0 Å². The van der Waals surface area contributed by atoms with Crippen molar-refractivity contribution in [1.29, 1.82) is 5.26 Å². The van der Waals surface area contributed by atoms with Crippen molar-refractivity contribution in [1.82, 2.24) is 4.98 Å².